The molecule has 1 aromatic carbocycles. The van der Waals surface area contributed by atoms with Crippen molar-refractivity contribution in [2.75, 3.05) is 11.9 Å². The first-order valence-corrected chi connectivity index (χ1v) is 9.07. The number of hydrogen-bond donors (Lipinski definition) is 1. The maximum absolute atomic E-state index is 6.18. The lowest BCUT2D eigenvalue weighted by atomic mass is 10.2. The summed E-state index contributed by atoms with van der Waals surface area (Å²) in [5.41, 5.74) is 2.01. The zero-order valence-electron chi connectivity index (χ0n) is 11.9. The SMILES string of the molecule is CCCc1nc(-c2ccc(Br)c(Cl)c2)nc(NCC)c1I. The van der Waals surface area contributed by atoms with Crippen molar-refractivity contribution in [2.24, 2.45) is 0 Å². The Bertz CT molecular complexity index is 622. The van der Waals surface area contributed by atoms with Crippen LogP contribution in [-0.4, -0.2) is 16.5 Å². The number of aromatic nitrogens is 2. The summed E-state index contributed by atoms with van der Waals surface area (Å²) in [5.74, 6) is 1.61. The van der Waals surface area contributed by atoms with Gasteiger partial charge in [-0.3, -0.25) is 0 Å². The predicted molar refractivity (Wildman–Crippen MR) is 101 cm³/mol. The fourth-order valence-electron chi connectivity index (χ4n) is 1.94. The molecule has 2 rings (SSSR count). The van der Waals surface area contributed by atoms with Crippen molar-refractivity contribution in [3.63, 3.8) is 0 Å². The molecule has 0 atom stereocenters. The van der Waals surface area contributed by atoms with E-state index >= 15 is 0 Å². The van der Waals surface area contributed by atoms with Crippen LogP contribution in [0.1, 0.15) is 26.0 Å². The van der Waals surface area contributed by atoms with Crippen molar-refractivity contribution in [1.29, 1.82) is 0 Å². The van der Waals surface area contributed by atoms with Crippen LogP contribution in [0.15, 0.2) is 22.7 Å². The smallest absolute Gasteiger partial charge is 0.161 e. The van der Waals surface area contributed by atoms with Gasteiger partial charge in [-0.15, -0.1) is 0 Å². The predicted octanol–water partition coefficient (Wildman–Crippen LogP) is 5.55. The van der Waals surface area contributed by atoms with Crippen molar-refractivity contribution in [2.45, 2.75) is 26.7 Å². The molecule has 6 heteroatoms. The number of halogens is 3. The first kappa shape index (κ1) is 17.0. The minimum Gasteiger partial charge on any atom is -0.369 e. The van der Waals surface area contributed by atoms with Gasteiger partial charge in [-0.25, -0.2) is 9.97 Å². The number of rotatable bonds is 5. The van der Waals surface area contributed by atoms with Gasteiger partial charge in [0.25, 0.3) is 0 Å². The summed E-state index contributed by atoms with van der Waals surface area (Å²) >= 11 is 11.9. The van der Waals surface area contributed by atoms with E-state index in [0.717, 1.165) is 44.5 Å². The summed E-state index contributed by atoms with van der Waals surface area (Å²) in [4.78, 5) is 9.36. The normalized spacial score (nSPS) is 10.7. The molecule has 0 spiro atoms. The van der Waals surface area contributed by atoms with Gasteiger partial charge in [0.15, 0.2) is 5.82 Å². The zero-order chi connectivity index (χ0) is 15.4. The molecule has 0 fully saturated rings. The quantitative estimate of drug-likeness (QED) is 0.571. The molecule has 3 nitrogen and oxygen atoms in total. The van der Waals surface area contributed by atoms with Gasteiger partial charge in [0.05, 0.1) is 14.3 Å². The standard InChI is InChI=1S/C15H16BrClIN3/c1-3-5-12-13(18)15(19-4-2)21-14(20-12)9-6-7-10(16)11(17)8-9/h6-8H,3-5H2,1-2H3,(H,19,20,21). The lowest BCUT2D eigenvalue weighted by molar-refractivity contribution is 0.867. The van der Waals surface area contributed by atoms with Crippen LogP contribution in [0, 0.1) is 3.57 Å². The van der Waals surface area contributed by atoms with E-state index in [9.17, 15) is 0 Å². The number of anilines is 1. The topological polar surface area (TPSA) is 37.8 Å². The third kappa shape index (κ3) is 4.07. The highest BCUT2D eigenvalue weighted by Crippen LogP contribution is 2.29. The Morgan fingerprint density at radius 1 is 1.29 bits per heavy atom. The van der Waals surface area contributed by atoms with Gasteiger partial charge in [0.2, 0.25) is 0 Å². The van der Waals surface area contributed by atoms with Gasteiger partial charge < -0.3 is 5.32 Å². The molecule has 0 amide bonds. The van der Waals surface area contributed by atoms with Crippen molar-refractivity contribution < 1.29 is 0 Å². The Labute approximate surface area is 152 Å². The van der Waals surface area contributed by atoms with Crippen molar-refractivity contribution in [3.8, 4) is 11.4 Å². The molecule has 1 N–H and O–H groups in total. The number of hydrogen-bond acceptors (Lipinski definition) is 3. The summed E-state index contributed by atoms with van der Waals surface area (Å²) in [6.07, 6.45) is 2.00. The Hall–Kier alpha value is -0.400. The van der Waals surface area contributed by atoms with Crippen LogP contribution >= 0.6 is 50.1 Å². The lowest BCUT2D eigenvalue weighted by Gasteiger charge is -2.12. The number of nitrogens with one attached hydrogen (secondary N) is 1. The summed E-state index contributed by atoms with van der Waals surface area (Å²) in [6, 6.07) is 5.79. The van der Waals surface area contributed by atoms with E-state index < -0.39 is 0 Å². The molecule has 0 bridgehead atoms. The second kappa shape index (κ2) is 7.74. The fraction of sp³-hybridized carbons (Fsp3) is 0.333. The van der Waals surface area contributed by atoms with E-state index in [1.165, 1.54) is 0 Å². The Morgan fingerprint density at radius 2 is 2.05 bits per heavy atom. The molecule has 0 saturated heterocycles. The van der Waals surface area contributed by atoms with Gasteiger partial charge in [-0.2, -0.15) is 0 Å². The molecule has 1 aromatic heterocycles. The monoisotopic (exact) mass is 479 g/mol. The maximum Gasteiger partial charge on any atom is 0.161 e. The van der Waals surface area contributed by atoms with Gasteiger partial charge in [0.1, 0.15) is 5.82 Å². The van der Waals surface area contributed by atoms with Crippen molar-refractivity contribution in [1.82, 2.24) is 9.97 Å². The Kier molecular flexibility index (Phi) is 6.25. The zero-order valence-corrected chi connectivity index (χ0v) is 16.4. The molecule has 0 radical (unpaired) electrons. The minimum absolute atomic E-state index is 0.664. The van der Waals surface area contributed by atoms with Gasteiger partial charge in [-0.05, 0) is 70.1 Å². The summed E-state index contributed by atoms with van der Waals surface area (Å²) < 4.78 is 1.97. The van der Waals surface area contributed by atoms with E-state index in [2.05, 4.69) is 62.7 Å². The molecule has 0 aliphatic rings. The summed E-state index contributed by atoms with van der Waals surface area (Å²) in [7, 11) is 0. The van der Waals surface area contributed by atoms with Crippen LogP contribution in [-0.2, 0) is 6.42 Å². The first-order valence-electron chi connectivity index (χ1n) is 6.82. The number of benzene rings is 1. The van der Waals surface area contributed by atoms with Crippen molar-refractivity contribution >= 4 is 55.9 Å². The van der Waals surface area contributed by atoms with Crippen LogP contribution in [0.5, 0.6) is 0 Å². The Morgan fingerprint density at radius 3 is 2.67 bits per heavy atom. The summed E-state index contributed by atoms with van der Waals surface area (Å²) in [5, 5.41) is 3.97. The molecule has 112 valence electrons. The number of nitrogens with zero attached hydrogens (tertiary/aromatic N) is 2. The minimum atomic E-state index is 0.664. The highest BCUT2D eigenvalue weighted by Gasteiger charge is 2.13. The van der Waals surface area contributed by atoms with E-state index in [-0.39, 0.29) is 0 Å². The van der Waals surface area contributed by atoms with Gasteiger partial charge in [-0.1, -0.05) is 24.9 Å². The molecule has 1 heterocycles. The van der Waals surface area contributed by atoms with Crippen LogP contribution in [0.4, 0.5) is 5.82 Å². The maximum atomic E-state index is 6.18. The molecule has 0 aliphatic heterocycles. The van der Waals surface area contributed by atoms with Crippen LogP contribution < -0.4 is 5.32 Å². The van der Waals surface area contributed by atoms with Gasteiger partial charge in [0, 0.05) is 16.6 Å². The van der Waals surface area contributed by atoms with Crippen LogP contribution in [0.25, 0.3) is 11.4 Å². The molecule has 0 saturated carbocycles. The first-order chi connectivity index (χ1) is 10.1. The Balaban J connectivity index is 2.53. The number of aryl methyl sites for hydroxylation is 1. The highest BCUT2D eigenvalue weighted by atomic mass is 127. The van der Waals surface area contributed by atoms with Crippen LogP contribution in [0.3, 0.4) is 0 Å². The average Bonchev–Trinajstić information content (AvgIpc) is 2.46. The third-order valence-electron chi connectivity index (χ3n) is 2.93. The molecular formula is C15H16BrClIN3. The second-order valence-corrected chi connectivity index (χ2v) is 6.91. The summed E-state index contributed by atoms with van der Waals surface area (Å²) in [6.45, 7) is 5.05. The second-order valence-electron chi connectivity index (χ2n) is 4.57. The average molecular weight is 481 g/mol. The van der Waals surface area contributed by atoms with Gasteiger partial charge >= 0.3 is 0 Å². The molecular weight excluding hydrogens is 464 g/mol. The van der Waals surface area contributed by atoms with E-state index in [0.29, 0.717) is 10.8 Å². The van der Waals surface area contributed by atoms with E-state index in [4.69, 9.17) is 16.6 Å². The fourth-order valence-corrected chi connectivity index (χ4v) is 3.07. The highest BCUT2D eigenvalue weighted by molar-refractivity contribution is 14.1. The molecule has 0 aliphatic carbocycles. The van der Waals surface area contributed by atoms with E-state index in [1.54, 1.807) is 0 Å². The molecule has 21 heavy (non-hydrogen) atoms. The molecule has 2 aromatic rings. The lowest BCUT2D eigenvalue weighted by Crippen LogP contribution is -2.08. The van der Waals surface area contributed by atoms with Crippen LogP contribution in [0.2, 0.25) is 5.02 Å². The third-order valence-corrected chi connectivity index (χ3v) is 5.29. The van der Waals surface area contributed by atoms with E-state index in [1.807, 2.05) is 18.2 Å². The van der Waals surface area contributed by atoms with Crippen molar-refractivity contribution in [3.05, 3.63) is 37.0 Å². The largest absolute Gasteiger partial charge is 0.369 e. The molecule has 0 unspecified atom stereocenters.